The van der Waals surface area contributed by atoms with E-state index in [2.05, 4.69) is 13.2 Å². The van der Waals surface area contributed by atoms with Crippen molar-refractivity contribution in [1.82, 2.24) is 0 Å². The van der Waals surface area contributed by atoms with Gasteiger partial charge in [0, 0.05) is 12.2 Å². The molecular formula is C9H9NO4. The Labute approximate surface area is 80.5 Å². The lowest BCUT2D eigenvalue weighted by Gasteiger charge is -1.90. The van der Waals surface area contributed by atoms with Crippen molar-refractivity contribution in [3.63, 3.8) is 0 Å². The molecule has 0 aliphatic rings. The van der Waals surface area contributed by atoms with E-state index in [1.807, 2.05) is 0 Å². The van der Waals surface area contributed by atoms with E-state index < -0.39 is 10.9 Å². The Hall–Kier alpha value is -2.17. The quantitative estimate of drug-likeness (QED) is 0.312. The minimum absolute atomic E-state index is 0.119. The highest BCUT2D eigenvalue weighted by Crippen LogP contribution is 2.01. The van der Waals surface area contributed by atoms with E-state index in [4.69, 9.17) is 5.11 Å². The lowest BCUT2D eigenvalue weighted by Crippen LogP contribution is -1.98. The molecule has 14 heavy (non-hydrogen) atoms. The summed E-state index contributed by atoms with van der Waals surface area (Å²) in [7, 11) is 0. The van der Waals surface area contributed by atoms with E-state index in [-0.39, 0.29) is 11.3 Å². The summed E-state index contributed by atoms with van der Waals surface area (Å²) in [5.74, 6) is -1.19. The molecule has 0 spiro atoms. The molecule has 0 aliphatic carbocycles. The van der Waals surface area contributed by atoms with Crippen LogP contribution < -0.4 is 0 Å². The topological polar surface area (TPSA) is 80.4 Å². The summed E-state index contributed by atoms with van der Waals surface area (Å²) in [6.45, 7) is 6.48. The molecule has 0 aromatic rings. The molecule has 0 rings (SSSR count). The molecule has 0 bridgehead atoms. The van der Waals surface area contributed by atoms with E-state index in [9.17, 15) is 14.9 Å². The summed E-state index contributed by atoms with van der Waals surface area (Å²) in [4.78, 5) is 20.0. The summed E-state index contributed by atoms with van der Waals surface area (Å²) >= 11 is 0. The van der Waals surface area contributed by atoms with Gasteiger partial charge < -0.3 is 5.11 Å². The van der Waals surface area contributed by atoms with Crippen LogP contribution in [0.25, 0.3) is 0 Å². The van der Waals surface area contributed by atoms with Crippen LogP contribution in [0.5, 0.6) is 0 Å². The second-order valence-electron chi connectivity index (χ2n) is 2.18. The number of rotatable bonds is 5. The third-order valence-electron chi connectivity index (χ3n) is 1.32. The second-order valence-corrected chi connectivity index (χ2v) is 2.18. The number of carboxylic acids is 1. The molecule has 74 valence electrons. The van der Waals surface area contributed by atoms with E-state index >= 15 is 0 Å². The minimum atomic E-state index is -1.19. The van der Waals surface area contributed by atoms with Gasteiger partial charge in [-0.3, -0.25) is 10.1 Å². The Morgan fingerprint density at radius 3 is 2.14 bits per heavy atom. The van der Waals surface area contributed by atoms with Crippen molar-refractivity contribution in [3.05, 3.63) is 58.8 Å². The van der Waals surface area contributed by atoms with Crippen molar-refractivity contribution >= 4 is 5.97 Å². The van der Waals surface area contributed by atoms with Crippen molar-refractivity contribution in [2.45, 2.75) is 0 Å². The standard InChI is InChI=1S/C9H9NO4/c1-3-7(9(11)12)5-6-8(4-2)10(13)14/h3-6H,1-2H2,(H,11,12)/b7-5+,8-6+. The van der Waals surface area contributed by atoms with Gasteiger partial charge in [-0.05, 0) is 6.08 Å². The average Bonchev–Trinajstić information content (AvgIpc) is 2.11. The molecule has 5 nitrogen and oxygen atoms in total. The Morgan fingerprint density at radius 2 is 1.86 bits per heavy atom. The Balaban J connectivity index is 4.97. The lowest BCUT2D eigenvalue weighted by atomic mass is 10.2. The zero-order valence-corrected chi connectivity index (χ0v) is 7.34. The smallest absolute Gasteiger partial charge is 0.335 e. The first kappa shape index (κ1) is 11.8. The monoisotopic (exact) mass is 195 g/mol. The fourth-order valence-corrected chi connectivity index (χ4v) is 0.605. The zero-order valence-electron chi connectivity index (χ0n) is 7.34. The molecule has 0 saturated carbocycles. The fraction of sp³-hybridized carbons (Fsp3) is 0. The molecule has 0 aromatic carbocycles. The Kier molecular flexibility index (Phi) is 4.62. The van der Waals surface area contributed by atoms with Gasteiger partial charge in [0.05, 0.1) is 10.5 Å². The first-order valence-electron chi connectivity index (χ1n) is 3.57. The van der Waals surface area contributed by atoms with Gasteiger partial charge in [0.25, 0.3) is 5.70 Å². The number of aliphatic carboxylic acids is 1. The van der Waals surface area contributed by atoms with Gasteiger partial charge in [-0.1, -0.05) is 19.2 Å². The van der Waals surface area contributed by atoms with Gasteiger partial charge in [-0.15, -0.1) is 0 Å². The molecule has 0 atom stereocenters. The molecule has 0 radical (unpaired) electrons. The molecular weight excluding hydrogens is 186 g/mol. The van der Waals surface area contributed by atoms with Crippen LogP contribution >= 0.6 is 0 Å². The molecule has 0 unspecified atom stereocenters. The molecule has 0 fully saturated rings. The summed E-state index contributed by atoms with van der Waals surface area (Å²) in [6.07, 6.45) is 4.27. The van der Waals surface area contributed by atoms with E-state index in [1.165, 1.54) is 0 Å². The van der Waals surface area contributed by atoms with Crippen molar-refractivity contribution in [2.24, 2.45) is 0 Å². The van der Waals surface area contributed by atoms with Crippen LogP contribution in [0.15, 0.2) is 48.7 Å². The van der Waals surface area contributed by atoms with Gasteiger partial charge in [-0.25, -0.2) is 4.79 Å². The van der Waals surface area contributed by atoms with Crippen LogP contribution in [-0.2, 0) is 4.79 Å². The summed E-state index contributed by atoms with van der Waals surface area (Å²) in [6, 6.07) is 0. The van der Waals surface area contributed by atoms with Crippen molar-refractivity contribution in [1.29, 1.82) is 0 Å². The normalized spacial score (nSPS) is 12.0. The first-order valence-corrected chi connectivity index (χ1v) is 3.57. The van der Waals surface area contributed by atoms with Crippen molar-refractivity contribution in [2.75, 3.05) is 0 Å². The number of nitro groups is 1. The van der Waals surface area contributed by atoms with E-state index in [1.54, 1.807) is 0 Å². The van der Waals surface area contributed by atoms with E-state index in [0.717, 1.165) is 24.3 Å². The van der Waals surface area contributed by atoms with Gasteiger partial charge >= 0.3 is 5.97 Å². The lowest BCUT2D eigenvalue weighted by molar-refractivity contribution is -0.418. The third kappa shape index (κ3) is 3.48. The van der Waals surface area contributed by atoms with Gasteiger partial charge in [0.1, 0.15) is 0 Å². The first-order chi connectivity index (χ1) is 6.52. The maximum absolute atomic E-state index is 10.4. The maximum Gasteiger partial charge on any atom is 0.335 e. The van der Waals surface area contributed by atoms with Crippen LogP contribution in [-0.4, -0.2) is 16.0 Å². The van der Waals surface area contributed by atoms with Crippen LogP contribution in [0.1, 0.15) is 0 Å². The highest BCUT2D eigenvalue weighted by atomic mass is 16.6. The van der Waals surface area contributed by atoms with Crippen LogP contribution in [0.4, 0.5) is 0 Å². The minimum Gasteiger partial charge on any atom is -0.478 e. The Morgan fingerprint density at radius 1 is 1.29 bits per heavy atom. The second kappa shape index (κ2) is 5.47. The fourth-order valence-electron chi connectivity index (χ4n) is 0.605. The largest absolute Gasteiger partial charge is 0.478 e. The van der Waals surface area contributed by atoms with Gasteiger partial charge in [0.15, 0.2) is 0 Å². The molecule has 0 aliphatic heterocycles. The van der Waals surface area contributed by atoms with Gasteiger partial charge in [0.2, 0.25) is 0 Å². The summed E-state index contributed by atoms with van der Waals surface area (Å²) in [5, 5.41) is 18.8. The molecule has 0 saturated heterocycles. The predicted molar refractivity (Wildman–Crippen MR) is 51.2 cm³/mol. The molecule has 5 heteroatoms. The molecule has 1 N–H and O–H groups in total. The average molecular weight is 195 g/mol. The molecule has 0 amide bonds. The predicted octanol–water partition coefficient (Wildman–Crippen LogP) is 1.53. The maximum atomic E-state index is 10.4. The Bertz CT molecular complexity index is 305. The number of allylic oxidation sites excluding steroid dienone is 3. The number of hydrogen-bond acceptors (Lipinski definition) is 3. The summed E-state index contributed by atoms with van der Waals surface area (Å²) in [5.41, 5.74) is -0.392. The number of carboxylic acid groups (broad SMARTS) is 1. The molecule has 0 heterocycles. The van der Waals surface area contributed by atoms with Crippen molar-refractivity contribution < 1.29 is 14.8 Å². The number of hydrogen-bond donors (Lipinski definition) is 1. The highest BCUT2D eigenvalue weighted by molar-refractivity contribution is 5.89. The number of nitrogens with zero attached hydrogens (tertiary/aromatic N) is 1. The summed E-state index contributed by atoms with van der Waals surface area (Å²) < 4.78 is 0. The van der Waals surface area contributed by atoms with Gasteiger partial charge in [-0.2, -0.15) is 0 Å². The van der Waals surface area contributed by atoms with E-state index in [0.29, 0.717) is 0 Å². The van der Waals surface area contributed by atoms with Crippen LogP contribution in [0, 0.1) is 10.1 Å². The number of carbonyl (C=O) groups is 1. The zero-order chi connectivity index (χ0) is 11.1. The molecule has 0 aromatic heterocycles. The SMILES string of the molecule is C=C/C(=C\C=C(/C=C)[N+](=O)[O-])C(=O)O. The van der Waals surface area contributed by atoms with Crippen molar-refractivity contribution in [3.8, 4) is 0 Å². The van der Waals surface area contributed by atoms with Crippen LogP contribution in [0.2, 0.25) is 0 Å². The highest BCUT2D eigenvalue weighted by Gasteiger charge is 2.04. The third-order valence-corrected chi connectivity index (χ3v) is 1.32. The van der Waals surface area contributed by atoms with Crippen LogP contribution in [0.3, 0.4) is 0 Å².